The summed E-state index contributed by atoms with van der Waals surface area (Å²) in [6.45, 7) is 0. The second kappa shape index (κ2) is 5.87. The van der Waals surface area contributed by atoms with Gasteiger partial charge in [-0.05, 0) is 24.3 Å². The molecule has 2 aromatic rings. The second-order valence-corrected chi connectivity index (χ2v) is 5.14. The normalized spacial score (nSPS) is 13.5. The molecule has 22 heavy (non-hydrogen) atoms. The van der Waals surface area contributed by atoms with Crippen molar-refractivity contribution in [2.24, 2.45) is 0 Å². The molecule has 0 aliphatic carbocycles. The summed E-state index contributed by atoms with van der Waals surface area (Å²) in [4.78, 5) is 25.0. The van der Waals surface area contributed by atoms with Gasteiger partial charge < -0.3 is 4.74 Å². The first kappa shape index (κ1) is 14.1. The number of imide groups is 1. The zero-order valence-electron chi connectivity index (χ0n) is 11.3. The van der Waals surface area contributed by atoms with Crippen LogP contribution < -0.4 is 9.64 Å². The summed E-state index contributed by atoms with van der Waals surface area (Å²) in [6.07, 6.45) is 2.46. The van der Waals surface area contributed by atoms with E-state index in [9.17, 15) is 13.8 Å². The molecule has 0 spiro atoms. The predicted octanol–water partition coefficient (Wildman–Crippen LogP) is 2.70. The average Bonchev–Trinajstić information content (AvgIpc) is 2.87. The van der Waals surface area contributed by atoms with Gasteiger partial charge >= 0.3 is 11.7 Å². The maximum absolute atomic E-state index is 11.7. The van der Waals surface area contributed by atoms with Gasteiger partial charge in [0.25, 0.3) is 16.7 Å². The van der Waals surface area contributed by atoms with Crippen LogP contribution in [0.1, 0.15) is 0 Å². The first-order valence-corrected chi connectivity index (χ1v) is 7.15. The topological polar surface area (TPSA) is 63.7 Å². The number of rotatable bonds is 4. The third kappa shape index (κ3) is 2.77. The molecule has 0 aromatic heterocycles. The Bertz CT molecular complexity index is 765. The molecular formula is C16H10NO4S+. The number of hydrogen-bond acceptors (Lipinski definition) is 4. The van der Waals surface area contributed by atoms with Crippen molar-refractivity contribution in [3.8, 4) is 11.5 Å². The minimum Gasteiger partial charge on any atom is -0.457 e. The van der Waals surface area contributed by atoms with E-state index in [1.54, 1.807) is 48.5 Å². The van der Waals surface area contributed by atoms with Crippen molar-refractivity contribution < 1.29 is 18.5 Å². The van der Waals surface area contributed by atoms with Gasteiger partial charge in [0, 0.05) is 34.6 Å². The van der Waals surface area contributed by atoms with E-state index in [4.69, 9.17) is 4.74 Å². The van der Waals surface area contributed by atoms with E-state index in [0.717, 1.165) is 4.90 Å². The summed E-state index contributed by atoms with van der Waals surface area (Å²) in [6, 6.07) is 13.4. The molecule has 108 valence electrons. The number of carbonyl (C=O) groups is 2. The molecule has 1 aliphatic rings. The zero-order valence-corrected chi connectivity index (χ0v) is 12.1. The lowest BCUT2D eigenvalue weighted by Crippen LogP contribution is -2.29. The Kier molecular flexibility index (Phi) is 3.76. The summed E-state index contributed by atoms with van der Waals surface area (Å²) in [5.41, 5.74) is 0.448. The number of nitrogens with zero attached hydrogens (tertiary/aromatic N) is 1. The van der Waals surface area contributed by atoms with Gasteiger partial charge in [0.2, 0.25) is 0 Å². The fourth-order valence-electron chi connectivity index (χ4n) is 2.04. The van der Waals surface area contributed by atoms with Gasteiger partial charge in [-0.2, -0.15) is 0 Å². The summed E-state index contributed by atoms with van der Waals surface area (Å²) in [5.74, 6) is 0.303. The van der Waals surface area contributed by atoms with Crippen molar-refractivity contribution >= 4 is 29.2 Å². The van der Waals surface area contributed by atoms with Crippen LogP contribution in [0.2, 0.25) is 0 Å². The third-order valence-electron chi connectivity index (χ3n) is 3.04. The molecule has 0 saturated heterocycles. The van der Waals surface area contributed by atoms with E-state index in [1.165, 1.54) is 12.2 Å². The van der Waals surface area contributed by atoms with Gasteiger partial charge in [-0.15, -0.1) is 0 Å². The summed E-state index contributed by atoms with van der Waals surface area (Å²) >= 11 is 0.409. The molecule has 0 bridgehead atoms. The Morgan fingerprint density at radius 3 is 2.18 bits per heavy atom. The molecule has 3 rings (SSSR count). The number of benzene rings is 2. The summed E-state index contributed by atoms with van der Waals surface area (Å²) < 4.78 is 16.3. The van der Waals surface area contributed by atoms with Crippen LogP contribution in [-0.4, -0.2) is 11.8 Å². The smallest absolute Gasteiger partial charge is 0.457 e. The van der Waals surface area contributed by atoms with Crippen molar-refractivity contribution in [3.05, 3.63) is 60.7 Å². The van der Waals surface area contributed by atoms with Gasteiger partial charge in [-0.1, -0.05) is 6.07 Å². The quantitative estimate of drug-likeness (QED) is 0.643. The fourth-order valence-corrected chi connectivity index (χ4v) is 2.29. The third-order valence-corrected chi connectivity index (χ3v) is 3.51. The van der Waals surface area contributed by atoms with Crippen LogP contribution in [0.4, 0.5) is 5.69 Å². The summed E-state index contributed by atoms with van der Waals surface area (Å²) in [7, 11) is 0. The minimum absolute atomic E-state index is 0.376. The highest BCUT2D eigenvalue weighted by Gasteiger charge is 2.25. The van der Waals surface area contributed by atoms with E-state index in [-0.39, 0.29) is 11.8 Å². The van der Waals surface area contributed by atoms with Crippen LogP contribution in [0.15, 0.2) is 65.6 Å². The highest BCUT2D eigenvalue weighted by molar-refractivity contribution is 7.65. The Balaban J connectivity index is 1.83. The predicted molar refractivity (Wildman–Crippen MR) is 80.9 cm³/mol. The summed E-state index contributed by atoms with van der Waals surface area (Å²) in [5, 5.41) is 0. The maximum atomic E-state index is 11.7. The molecule has 0 unspecified atom stereocenters. The number of hydrogen-bond donors (Lipinski definition) is 0. The van der Waals surface area contributed by atoms with E-state index >= 15 is 0 Å². The van der Waals surface area contributed by atoms with Crippen molar-refractivity contribution in [2.45, 2.75) is 4.90 Å². The van der Waals surface area contributed by atoms with Gasteiger partial charge in [0.05, 0.1) is 5.69 Å². The van der Waals surface area contributed by atoms with Crippen LogP contribution in [-0.2, 0) is 25.5 Å². The molecule has 0 atom stereocenters. The molecule has 2 amide bonds. The van der Waals surface area contributed by atoms with Crippen LogP contribution >= 0.6 is 0 Å². The lowest BCUT2D eigenvalue weighted by Gasteiger charge is -2.15. The van der Waals surface area contributed by atoms with Gasteiger partial charge in [0.15, 0.2) is 0 Å². The highest BCUT2D eigenvalue weighted by atomic mass is 32.1. The second-order valence-electron chi connectivity index (χ2n) is 4.50. The standard InChI is InChI=1S/C16H10NO4S/c18-15-8-9-16(19)17(15)11-2-1-3-13(10-11)21-12-4-6-14(22-20)7-5-12/h1-10H/q+1. The Labute approximate surface area is 130 Å². The highest BCUT2D eigenvalue weighted by Crippen LogP contribution is 2.27. The van der Waals surface area contributed by atoms with Crippen LogP contribution in [0.3, 0.4) is 0 Å². The molecule has 2 aromatic carbocycles. The molecule has 1 heterocycles. The van der Waals surface area contributed by atoms with Crippen LogP contribution in [0.5, 0.6) is 11.5 Å². The van der Waals surface area contributed by atoms with Crippen LogP contribution in [0.25, 0.3) is 0 Å². The van der Waals surface area contributed by atoms with E-state index in [2.05, 4.69) is 0 Å². The van der Waals surface area contributed by atoms with Crippen molar-refractivity contribution in [1.29, 1.82) is 0 Å². The van der Waals surface area contributed by atoms with Crippen LogP contribution in [0, 0.1) is 0 Å². The number of carbonyl (C=O) groups excluding carboxylic acids is 2. The molecule has 0 saturated carbocycles. The minimum atomic E-state index is -0.376. The van der Waals surface area contributed by atoms with Gasteiger partial charge in [0.1, 0.15) is 11.5 Å². The lowest BCUT2D eigenvalue weighted by molar-refractivity contribution is -0.119. The monoisotopic (exact) mass is 312 g/mol. The largest absolute Gasteiger partial charge is 0.505 e. The van der Waals surface area contributed by atoms with Crippen molar-refractivity contribution in [1.82, 2.24) is 0 Å². The average molecular weight is 312 g/mol. The number of anilines is 1. The molecule has 0 fully saturated rings. The fraction of sp³-hybridized carbons (Fsp3) is 0. The van der Waals surface area contributed by atoms with Crippen molar-refractivity contribution in [2.75, 3.05) is 4.90 Å². The molecule has 0 radical (unpaired) electrons. The molecule has 6 heteroatoms. The Morgan fingerprint density at radius 2 is 1.55 bits per heavy atom. The van der Waals surface area contributed by atoms with E-state index in [1.807, 2.05) is 0 Å². The first-order chi connectivity index (χ1) is 10.7. The molecule has 0 N–H and O–H groups in total. The van der Waals surface area contributed by atoms with E-state index < -0.39 is 0 Å². The first-order valence-electron chi connectivity index (χ1n) is 6.41. The van der Waals surface area contributed by atoms with E-state index in [0.29, 0.717) is 33.7 Å². The molecule has 5 nitrogen and oxygen atoms in total. The number of amides is 2. The van der Waals surface area contributed by atoms with Crippen molar-refractivity contribution in [3.63, 3.8) is 0 Å². The lowest BCUT2D eigenvalue weighted by atomic mass is 10.2. The molecular weight excluding hydrogens is 302 g/mol. The number of ether oxygens (including phenoxy) is 1. The van der Waals surface area contributed by atoms with Gasteiger partial charge in [-0.3, -0.25) is 9.59 Å². The Morgan fingerprint density at radius 1 is 0.864 bits per heavy atom. The Hall–Kier alpha value is -2.86. The maximum Gasteiger partial charge on any atom is 0.505 e. The SMILES string of the molecule is O=[S+]c1ccc(Oc2cccc(N3C(=O)C=CC3=O)c2)cc1. The molecule has 1 aliphatic heterocycles. The van der Waals surface area contributed by atoms with Gasteiger partial charge in [-0.25, -0.2) is 4.90 Å². The zero-order chi connectivity index (χ0) is 15.5.